The van der Waals surface area contributed by atoms with Gasteiger partial charge >= 0.3 is 5.97 Å². The standard InChI is InChI=1S/C15H22O3/c1-9-11-8-15(2,3)12(11)6-4-10(14(17)18)5-7-13(9)16/h5,11-13,16H,1,4,6-8H2,2-3H3,(H,17,18)/b10-5+/t11-,12-,13+/m1/s1. The summed E-state index contributed by atoms with van der Waals surface area (Å²) in [4.78, 5) is 11.1. The van der Waals surface area contributed by atoms with Crippen LogP contribution in [0, 0.1) is 17.3 Å². The van der Waals surface area contributed by atoms with Gasteiger partial charge in [-0.05, 0) is 48.5 Å². The summed E-state index contributed by atoms with van der Waals surface area (Å²) in [7, 11) is 0. The molecule has 0 aromatic heterocycles. The third-order valence-corrected chi connectivity index (χ3v) is 4.73. The first kappa shape index (κ1) is 13.3. The van der Waals surface area contributed by atoms with E-state index in [9.17, 15) is 9.90 Å². The molecule has 2 aliphatic carbocycles. The van der Waals surface area contributed by atoms with E-state index < -0.39 is 12.1 Å². The molecule has 2 rings (SSSR count). The molecule has 0 unspecified atom stereocenters. The molecule has 2 N–H and O–H groups in total. The first-order valence-electron chi connectivity index (χ1n) is 6.62. The number of aliphatic carboxylic acids is 1. The average molecular weight is 250 g/mol. The van der Waals surface area contributed by atoms with Crippen molar-refractivity contribution in [2.24, 2.45) is 17.3 Å². The van der Waals surface area contributed by atoms with Gasteiger partial charge in [-0.3, -0.25) is 0 Å². The van der Waals surface area contributed by atoms with E-state index in [2.05, 4.69) is 20.4 Å². The van der Waals surface area contributed by atoms with Crippen molar-refractivity contribution in [1.29, 1.82) is 0 Å². The maximum atomic E-state index is 11.1. The summed E-state index contributed by atoms with van der Waals surface area (Å²) in [6.45, 7) is 8.47. The van der Waals surface area contributed by atoms with Crippen LogP contribution in [0.25, 0.3) is 0 Å². The van der Waals surface area contributed by atoms with Crippen molar-refractivity contribution in [3.8, 4) is 0 Å². The first-order chi connectivity index (χ1) is 8.33. The smallest absolute Gasteiger partial charge is 0.331 e. The van der Waals surface area contributed by atoms with Crippen LogP contribution in [0.1, 0.15) is 39.5 Å². The Morgan fingerprint density at radius 2 is 2.17 bits per heavy atom. The number of rotatable bonds is 1. The van der Waals surface area contributed by atoms with E-state index in [4.69, 9.17) is 5.11 Å². The fourth-order valence-electron chi connectivity index (χ4n) is 3.49. The van der Waals surface area contributed by atoms with Crippen molar-refractivity contribution >= 4 is 5.97 Å². The molecule has 3 heteroatoms. The molecule has 100 valence electrons. The van der Waals surface area contributed by atoms with Crippen molar-refractivity contribution in [3.05, 3.63) is 23.8 Å². The van der Waals surface area contributed by atoms with Crippen LogP contribution in [-0.4, -0.2) is 22.3 Å². The van der Waals surface area contributed by atoms with Gasteiger partial charge in [0.15, 0.2) is 0 Å². The molecule has 0 spiro atoms. The lowest BCUT2D eigenvalue weighted by Gasteiger charge is -2.53. The predicted octanol–water partition coefficient (Wildman–Crippen LogP) is 2.76. The molecular weight excluding hydrogens is 228 g/mol. The largest absolute Gasteiger partial charge is 0.478 e. The first-order valence-corrected chi connectivity index (χ1v) is 6.62. The highest BCUT2D eigenvalue weighted by atomic mass is 16.4. The highest BCUT2D eigenvalue weighted by Gasteiger charge is 2.48. The van der Waals surface area contributed by atoms with Crippen LogP contribution in [0.15, 0.2) is 23.8 Å². The lowest BCUT2D eigenvalue weighted by molar-refractivity contribution is -0.133. The van der Waals surface area contributed by atoms with Crippen LogP contribution >= 0.6 is 0 Å². The molecule has 3 nitrogen and oxygen atoms in total. The van der Waals surface area contributed by atoms with E-state index in [0.29, 0.717) is 30.3 Å². The SMILES string of the molecule is C=C1[C@H]2CC(C)(C)[C@@H]2CC/C(C(=O)O)=C\C[C@@H]1O. The molecular formula is C15H22O3. The van der Waals surface area contributed by atoms with Crippen molar-refractivity contribution < 1.29 is 15.0 Å². The van der Waals surface area contributed by atoms with E-state index in [0.717, 1.165) is 18.4 Å². The third kappa shape index (κ3) is 2.24. The summed E-state index contributed by atoms with van der Waals surface area (Å²) in [5.74, 6) is -0.0552. The number of aliphatic hydroxyl groups is 1. The number of fused-ring (bicyclic) bond motifs is 1. The van der Waals surface area contributed by atoms with Crippen LogP contribution < -0.4 is 0 Å². The predicted molar refractivity (Wildman–Crippen MR) is 70.1 cm³/mol. The van der Waals surface area contributed by atoms with Crippen molar-refractivity contribution in [2.45, 2.75) is 45.6 Å². The third-order valence-electron chi connectivity index (χ3n) is 4.73. The lowest BCUT2D eigenvalue weighted by atomic mass is 9.52. The summed E-state index contributed by atoms with van der Waals surface area (Å²) in [5.41, 5.74) is 1.56. The summed E-state index contributed by atoms with van der Waals surface area (Å²) < 4.78 is 0. The minimum Gasteiger partial charge on any atom is -0.478 e. The molecule has 0 radical (unpaired) electrons. The minimum atomic E-state index is -0.858. The molecule has 0 amide bonds. The van der Waals surface area contributed by atoms with Gasteiger partial charge in [0.1, 0.15) is 0 Å². The Labute approximate surface area is 108 Å². The van der Waals surface area contributed by atoms with Crippen LogP contribution in [0.2, 0.25) is 0 Å². The van der Waals surface area contributed by atoms with Gasteiger partial charge in [-0.15, -0.1) is 0 Å². The van der Waals surface area contributed by atoms with Gasteiger partial charge in [0.25, 0.3) is 0 Å². The van der Waals surface area contributed by atoms with E-state index in [-0.39, 0.29) is 5.41 Å². The van der Waals surface area contributed by atoms with Crippen LogP contribution in [0.4, 0.5) is 0 Å². The van der Waals surface area contributed by atoms with Gasteiger partial charge in [0, 0.05) is 5.57 Å². The molecule has 2 aliphatic rings. The Balaban J connectivity index is 2.22. The molecule has 18 heavy (non-hydrogen) atoms. The van der Waals surface area contributed by atoms with Crippen LogP contribution in [0.5, 0.6) is 0 Å². The zero-order chi connectivity index (χ0) is 13.5. The molecule has 0 bridgehead atoms. The molecule has 3 atom stereocenters. The summed E-state index contributed by atoms with van der Waals surface area (Å²) >= 11 is 0. The maximum Gasteiger partial charge on any atom is 0.331 e. The van der Waals surface area contributed by atoms with Crippen LogP contribution in [-0.2, 0) is 4.79 Å². The van der Waals surface area contributed by atoms with Gasteiger partial charge < -0.3 is 10.2 Å². The topological polar surface area (TPSA) is 57.5 Å². The molecule has 1 saturated carbocycles. The second-order valence-corrected chi connectivity index (χ2v) is 6.31. The molecule has 0 heterocycles. The normalized spacial score (nSPS) is 38.3. The quantitative estimate of drug-likeness (QED) is 0.703. The van der Waals surface area contributed by atoms with Gasteiger partial charge in [-0.2, -0.15) is 0 Å². The molecule has 0 aliphatic heterocycles. The monoisotopic (exact) mass is 250 g/mol. The van der Waals surface area contributed by atoms with Gasteiger partial charge in [-0.1, -0.05) is 26.5 Å². The Hall–Kier alpha value is -1.09. The van der Waals surface area contributed by atoms with Crippen LogP contribution in [0.3, 0.4) is 0 Å². The van der Waals surface area contributed by atoms with E-state index in [1.54, 1.807) is 6.08 Å². The van der Waals surface area contributed by atoms with E-state index >= 15 is 0 Å². The summed E-state index contributed by atoms with van der Waals surface area (Å²) in [5, 5.41) is 19.2. The number of hydrogen-bond acceptors (Lipinski definition) is 2. The lowest BCUT2D eigenvalue weighted by Crippen LogP contribution is -2.46. The molecule has 0 saturated heterocycles. The van der Waals surface area contributed by atoms with E-state index in [1.807, 2.05) is 0 Å². The highest BCUT2D eigenvalue weighted by molar-refractivity contribution is 5.86. The highest BCUT2D eigenvalue weighted by Crippen LogP contribution is 2.56. The summed E-state index contributed by atoms with van der Waals surface area (Å²) in [6.07, 6.45) is 3.97. The van der Waals surface area contributed by atoms with Gasteiger partial charge in [-0.25, -0.2) is 4.79 Å². The zero-order valence-electron chi connectivity index (χ0n) is 11.1. The summed E-state index contributed by atoms with van der Waals surface area (Å²) in [6, 6.07) is 0. The number of carboxylic acid groups (broad SMARTS) is 1. The van der Waals surface area contributed by atoms with Crippen molar-refractivity contribution in [2.75, 3.05) is 0 Å². The Morgan fingerprint density at radius 1 is 1.50 bits per heavy atom. The molecule has 1 fully saturated rings. The minimum absolute atomic E-state index is 0.237. The Morgan fingerprint density at radius 3 is 2.72 bits per heavy atom. The van der Waals surface area contributed by atoms with Crippen molar-refractivity contribution in [3.63, 3.8) is 0 Å². The number of aliphatic hydroxyl groups excluding tert-OH is 1. The van der Waals surface area contributed by atoms with Gasteiger partial charge in [0.2, 0.25) is 0 Å². The number of carbonyl (C=O) groups is 1. The number of carboxylic acids is 1. The molecule has 0 aromatic rings. The van der Waals surface area contributed by atoms with Gasteiger partial charge in [0.05, 0.1) is 6.10 Å². The fourth-order valence-corrected chi connectivity index (χ4v) is 3.49. The Bertz CT molecular complexity index is 406. The van der Waals surface area contributed by atoms with Crippen molar-refractivity contribution in [1.82, 2.24) is 0 Å². The second kappa shape index (κ2) is 4.54. The second-order valence-electron chi connectivity index (χ2n) is 6.31. The molecule has 0 aromatic carbocycles. The van der Waals surface area contributed by atoms with E-state index in [1.165, 1.54) is 0 Å². The average Bonchev–Trinajstić information content (AvgIpc) is 2.32. The number of hydrogen-bond donors (Lipinski definition) is 2. The fraction of sp³-hybridized carbons (Fsp3) is 0.667. The maximum absolute atomic E-state index is 11.1. The Kier molecular flexibility index (Phi) is 3.37. The zero-order valence-corrected chi connectivity index (χ0v) is 11.1.